The van der Waals surface area contributed by atoms with Crippen molar-refractivity contribution in [3.8, 4) is 5.75 Å². The number of nitrogens with one attached hydrogen (secondary N) is 2. The summed E-state index contributed by atoms with van der Waals surface area (Å²) >= 11 is 0. The average Bonchev–Trinajstić information content (AvgIpc) is 2.37. The van der Waals surface area contributed by atoms with Crippen molar-refractivity contribution in [1.82, 2.24) is 5.32 Å². The minimum absolute atomic E-state index is 0.0382. The number of anilines is 1. The molecule has 20 heavy (non-hydrogen) atoms. The smallest absolute Gasteiger partial charge is 0.323 e. The van der Waals surface area contributed by atoms with E-state index in [-0.39, 0.29) is 11.4 Å². The van der Waals surface area contributed by atoms with E-state index in [1.807, 2.05) is 38.1 Å². The van der Waals surface area contributed by atoms with Crippen LogP contribution in [0.15, 0.2) is 36.0 Å². The van der Waals surface area contributed by atoms with Gasteiger partial charge in [-0.25, -0.2) is 4.79 Å². The Morgan fingerprint density at radius 2 is 1.95 bits per heavy atom. The largest absolute Gasteiger partial charge is 0.492 e. The second-order valence-corrected chi connectivity index (χ2v) is 5.60. The molecule has 0 aliphatic heterocycles. The van der Waals surface area contributed by atoms with Crippen LogP contribution in [-0.4, -0.2) is 12.6 Å². The highest BCUT2D eigenvalue weighted by atomic mass is 16.5. The first-order chi connectivity index (χ1) is 9.34. The molecule has 0 saturated heterocycles. The number of rotatable bonds is 4. The van der Waals surface area contributed by atoms with E-state index in [1.165, 1.54) is 0 Å². The number of urea groups is 1. The standard InChI is InChI=1S/C16H24N2O2/c1-6-20-14-10-8-7-9-13(14)18-15(19)17-11-12(2)16(3,4)5/h7-11H,6H2,1-5H3,(H2,17,18,19)/b12-11+. The predicted molar refractivity (Wildman–Crippen MR) is 83.0 cm³/mol. The Labute approximate surface area is 121 Å². The molecule has 0 unspecified atom stereocenters. The molecule has 0 fully saturated rings. The van der Waals surface area contributed by atoms with Crippen LogP contribution >= 0.6 is 0 Å². The molecule has 2 N–H and O–H groups in total. The van der Waals surface area contributed by atoms with Gasteiger partial charge in [0.05, 0.1) is 12.3 Å². The second kappa shape index (κ2) is 6.98. The minimum atomic E-state index is -0.277. The number of allylic oxidation sites excluding steroid dienone is 1. The summed E-state index contributed by atoms with van der Waals surface area (Å²) in [7, 11) is 0. The normalized spacial score (nSPS) is 11.9. The van der Waals surface area contributed by atoms with Gasteiger partial charge in [-0.15, -0.1) is 0 Å². The molecule has 2 amide bonds. The number of benzene rings is 1. The summed E-state index contributed by atoms with van der Waals surface area (Å²) in [4.78, 5) is 11.9. The molecule has 0 radical (unpaired) electrons. The SMILES string of the molecule is CCOc1ccccc1NC(=O)N/C=C(\C)C(C)(C)C. The van der Waals surface area contributed by atoms with E-state index < -0.39 is 0 Å². The summed E-state index contributed by atoms with van der Waals surface area (Å²) in [5, 5.41) is 5.52. The van der Waals surface area contributed by atoms with Gasteiger partial charge in [-0.3, -0.25) is 0 Å². The highest BCUT2D eigenvalue weighted by Gasteiger charge is 2.13. The Morgan fingerprint density at radius 3 is 2.55 bits per heavy atom. The molecule has 0 aliphatic rings. The van der Waals surface area contributed by atoms with Gasteiger partial charge in [-0.2, -0.15) is 0 Å². The van der Waals surface area contributed by atoms with Crippen molar-refractivity contribution in [2.75, 3.05) is 11.9 Å². The number of carbonyl (C=O) groups excluding carboxylic acids is 1. The van der Waals surface area contributed by atoms with Crippen LogP contribution in [0.5, 0.6) is 5.75 Å². The Hall–Kier alpha value is -1.97. The third-order valence-corrected chi connectivity index (χ3v) is 3.04. The van der Waals surface area contributed by atoms with Gasteiger partial charge in [-0.05, 0) is 31.4 Å². The van der Waals surface area contributed by atoms with Crippen molar-refractivity contribution >= 4 is 11.7 Å². The van der Waals surface area contributed by atoms with Crippen molar-refractivity contribution in [3.63, 3.8) is 0 Å². The molecular formula is C16H24N2O2. The lowest BCUT2D eigenvalue weighted by Crippen LogP contribution is -2.25. The third-order valence-electron chi connectivity index (χ3n) is 3.04. The maximum atomic E-state index is 11.9. The molecule has 0 heterocycles. The first-order valence-electron chi connectivity index (χ1n) is 6.81. The van der Waals surface area contributed by atoms with Crippen LogP contribution < -0.4 is 15.4 Å². The fourth-order valence-electron chi connectivity index (χ4n) is 1.40. The summed E-state index contributed by atoms with van der Waals surface area (Å²) in [5.41, 5.74) is 1.80. The number of hydrogen-bond donors (Lipinski definition) is 2. The van der Waals surface area contributed by atoms with Gasteiger partial charge < -0.3 is 15.4 Å². The molecule has 0 spiro atoms. The Kier molecular flexibility index (Phi) is 5.62. The van der Waals surface area contributed by atoms with Crippen molar-refractivity contribution in [2.24, 2.45) is 5.41 Å². The highest BCUT2D eigenvalue weighted by Crippen LogP contribution is 2.24. The van der Waals surface area contributed by atoms with Gasteiger partial charge >= 0.3 is 6.03 Å². The average molecular weight is 276 g/mol. The van der Waals surface area contributed by atoms with E-state index in [1.54, 1.807) is 6.20 Å². The van der Waals surface area contributed by atoms with Crippen LogP contribution in [-0.2, 0) is 0 Å². The van der Waals surface area contributed by atoms with Crippen molar-refractivity contribution in [2.45, 2.75) is 34.6 Å². The fourth-order valence-corrected chi connectivity index (χ4v) is 1.40. The zero-order valence-electron chi connectivity index (χ0n) is 12.9. The molecule has 0 bridgehead atoms. The van der Waals surface area contributed by atoms with Gasteiger partial charge in [0.1, 0.15) is 5.75 Å². The monoisotopic (exact) mass is 276 g/mol. The summed E-state index contributed by atoms with van der Waals surface area (Å²) in [6.45, 7) is 10.8. The van der Waals surface area contributed by atoms with Crippen molar-refractivity contribution < 1.29 is 9.53 Å². The molecule has 110 valence electrons. The molecule has 0 saturated carbocycles. The van der Waals surface area contributed by atoms with Crippen LogP contribution in [0, 0.1) is 5.41 Å². The quantitative estimate of drug-likeness (QED) is 0.867. The molecule has 0 atom stereocenters. The molecule has 4 heteroatoms. The molecule has 4 nitrogen and oxygen atoms in total. The molecule has 1 rings (SSSR count). The third kappa shape index (κ3) is 4.96. The van der Waals surface area contributed by atoms with E-state index in [0.29, 0.717) is 18.0 Å². The van der Waals surface area contributed by atoms with Crippen molar-refractivity contribution in [1.29, 1.82) is 0 Å². The highest BCUT2D eigenvalue weighted by molar-refractivity contribution is 5.91. The zero-order chi connectivity index (χ0) is 15.2. The van der Waals surface area contributed by atoms with Crippen LogP contribution in [0.3, 0.4) is 0 Å². The van der Waals surface area contributed by atoms with Gasteiger partial charge in [0.15, 0.2) is 0 Å². The van der Waals surface area contributed by atoms with Crippen LogP contribution in [0.25, 0.3) is 0 Å². The van der Waals surface area contributed by atoms with Crippen LogP contribution in [0.4, 0.5) is 10.5 Å². The van der Waals surface area contributed by atoms with E-state index in [4.69, 9.17) is 4.74 Å². The number of carbonyl (C=O) groups is 1. The van der Waals surface area contributed by atoms with Gasteiger partial charge in [-0.1, -0.05) is 38.5 Å². The number of ether oxygens (including phenoxy) is 1. The number of amides is 2. The zero-order valence-corrected chi connectivity index (χ0v) is 12.9. The Balaban J connectivity index is 2.68. The Bertz CT molecular complexity index is 487. The molecule has 1 aromatic carbocycles. The maximum absolute atomic E-state index is 11.9. The first-order valence-corrected chi connectivity index (χ1v) is 6.81. The lowest BCUT2D eigenvalue weighted by Gasteiger charge is -2.19. The maximum Gasteiger partial charge on any atom is 0.323 e. The van der Waals surface area contributed by atoms with Gasteiger partial charge in [0.2, 0.25) is 0 Å². The molecular weight excluding hydrogens is 252 g/mol. The Morgan fingerprint density at radius 1 is 1.30 bits per heavy atom. The topological polar surface area (TPSA) is 50.4 Å². The summed E-state index contributed by atoms with van der Waals surface area (Å²) < 4.78 is 5.46. The first kappa shape index (κ1) is 16.1. The van der Waals surface area contributed by atoms with Crippen LogP contribution in [0.1, 0.15) is 34.6 Å². The van der Waals surface area contributed by atoms with E-state index in [2.05, 4.69) is 31.4 Å². The molecule has 0 aromatic heterocycles. The molecule has 0 aliphatic carbocycles. The van der Waals surface area contributed by atoms with E-state index >= 15 is 0 Å². The van der Waals surface area contributed by atoms with E-state index in [9.17, 15) is 4.79 Å². The fraction of sp³-hybridized carbons (Fsp3) is 0.438. The summed E-state index contributed by atoms with van der Waals surface area (Å²) in [5.74, 6) is 0.668. The predicted octanol–water partition coefficient (Wildman–Crippen LogP) is 4.16. The minimum Gasteiger partial charge on any atom is -0.492 e. The second-order valence-electron chi connectivity index (χ2n) is 5.60. The summed E-state index contributed by atoms with van der Waals surface area (Å²) in [6.07, 6.45) is 1.73. The van der Waals surface area contributed by atoms with Crippen molar-refractivity contribution in [3.05, 3.63) is 36.0 Å². The lowest BCUT2D eigenvalue weighted by molar-refractivity contribution is 0.254. The number of hydrogen-bond acceptors (Lipinski definition) is 2. The van der Waals surface area contributed by atoms with Gasteiger partial charge in [0.25, 0.3) is 0 Å². The summed E-state index contributed by atoms with van der Waals surface area (Å²) in [6, 6.07) is 7.09. The van der Waals surface area contributed by atoms with E-state index in [0.717, 1.165) is 5.57 Å². The number of para-hydroxylation sites is 2. The van der Waals surface area contributed by atoms with Crippen LogP contribution in [0.2, 0.25) is 0 Å². The lowest BCUT2D eigenvalue weighted by atomic mass is 9.88. The van der Waals surface area contributed by atoms with Gasteiger partial charge in [0, 0.05) is 6.20 Å². The molecule has 1 aromatic rings.